The first-order chi connectivity index (χ1) is 19.3. The summed E-state index contributed by atoms with van der Waals surface area (Å²) in [5.74, 6) is -1.10. The number of likely N-dealkylation sites (N-methyl/N-ethyl adjacent to an activating group) is 1. The number of nitrogens with one attached hydrogen (secondary N) is 1. The van der Waals surface area contributed by atoms with Crippen molar-refractivity contribution in [3.8, 4) is 0 Å². The number of hydrogen-bond acceptors (Lipinski definition) is 8. The van der Waals surface area contributed by atoms with Gasteiger partial charge in [0.2, 0.25) is 18.2 Å². The normalized spacial score (nSPS) is 18.0. The van der Waals surface area contributed by atoms with Crippen LogP contribution in [0.4, 0.5) is 5.00 Å². The topological polar surface area (TPSA) is 153 Å². The molecule has 2 N–H and O–H groups in total. The van der Waals surface area contributed by atoms with Crippen molar-refractivity contribution >= 4 is 40.5 Å². The molecule has 1 aliphatic carbocycles. The zero-order valence-electron chi connectivity index (χ0n) is 24.4. The summed E-state index contributed by atoms with van der Waals surface area (Å²) in [5, 5.41) is 25.9. The van der Waals surface area contributed by atoms with E-state index in [0.717, 1.165) is 37.0 Å². The van der Waals surface area contributed by atoms with Crippen LogP contribution >= 0.6 is 11.3 Å². The van der Waals surface area contributed by atoms with Crippen LogP contribution in [0.5, 0.6) is 0 Å². The number of thiophene rings is 1. The van der Waals surface area contributed by atoms with E-state index in [9.17, 15) is 34.4 Å². The number of carbonyl (C=O) groups is 4. The van der Waals surface area contributed by atoms with Gasteiger partial charge in [-0.2, -0.15) is 0 Å². The van der Waals surface area contributed by atoms with Crippen molar-refractivity contribution in [3.05, 3.63) is 21.9 Å². The number of amides is 4. The lowest BCUT2D eigenvalue weighted by Crippen LogP contribution is -2.58. The summed E-state index contributed by atoms with van der Waals surface area (Å²) in [6, 6.07) is 0.469. The molecule has 3 rings (SSSR count). The van der Waals surface area contributed by atoms with Crippen LogP contribution in [-0.2, 0) is 14.4 Å². The van der Waals surface area contributed by atoms with Crippen LogP contribution in [-0.4, -0.2) is 94.5 Å². The Bertz CT molecular complexity index is 1090. The van der Waals surface area contributed by atoms with Gasteiger partial charge in [0.05, 0.1) is 18.0 Å². The Labute approximate surface area is 245 Å². The van der Waals surface area contributed by atoms with Crippen molar-refractivity contribution in [2.75, 3.05) is 33.4 Å². The number of hydroxylamine groups is 2. The maximum Gasteiger partial charge on any atom is 0.310 e. The van der Waals surface area contributed by atoms with Crippen molar-refractivity contribution < 1.29 is 34.3 Å². The van der Waals surface area contributed by atoms with E-state index in [1.165, 1.54) is 6.07 Å². The van der Waals surface area contributed by atoms with Crippen molar-refractivity contribution in [3.63, 3.8) is 0 Å². The molecule has 2 heterocycles. The number of nitroso groups, excluding NO2 is 1. The molecule has 0 aromatic carbocycles. The number of hydrogen-bond donors (Lipinski definition) is 2. The van der Waals surface area contributed by atoms with E-state index in [1.807, 2.05) is 20.8 Å². The maximum absolute atomic E-state index is 13.8. The largest absolute Gasteiger partial charge is 0.797 e. The predicted molar refractivity (Wildman–Crippen MR) is 150 cm³/mol. The molecule has 1 saturated heterocycles. The van der Waals surface area contributed by atoms with E-state index in [1.54, 1.807) is 22.2 Å². The van der Waals surface area contributed by atoms with Gasteiger partial charge in [0, 0.05) is 47.3 Å². The van der Waals surface area contributed by atoms with E-state index in [0.29, 0.717) is 53.7 Å². The number of likely N-dealkylation sites (tertiary alicyclic amines) is 1. The minimum Gasteiger partial charge on any atom is -0.797 e. The van der Waals surface area contributed by atoms with Crippen molar-refractivity contribution in [2.24, 2.45) is 17.3 Å². The molecule has 0 radical (unpaired) electrons. The summed E-state index contributed by atoms with van der Waals surface area (Å²) in [5.41, 5.74) is -0.240. The molecule has 2 fully saturated rings. The molecule has 1 aromatic rings. The maximum atomic E-state index is 13.8. The lowest BCUT2D eigenvalue weighted by molar-refractivity contribution is -0.637. The average molecular weight is 594 g/mol. The molecule has 1 aromatic heterocycles. The highest BCUT2D eigenvalue weighted by Crippen LogP contribution is 2.32. The summed E-state index contributed by atoms with van der Waals surface area (Å²) in [4.78, 5) is 66.1. The Morgan fingerprint density at radius 2 is 1.85 bits per heavy atom. The lowest BCUT2D eigenvalue weighted by atomic mass is 9.84. The standard InChI is InChI=1S/C28H43N5O7S/c1-28(2,3)24(29-25(36)20(15-32(39)17-34)13-19-7-5-6-8-19)27(38)30(4)22-9-11-31(12-10-22)26(37)21-14-23(41-16-21)33(40)18-35/h14,16-17,19-20,22,24,39H,5-13,15,18H2,1-4H3,(H,29,36)/t20-,24-/m1/s1. The van der Waals surface area contributed by atoms with Crippen LogP contribution in [0.15, 0.2) is 11.4 Å². The van der Waals surface area contributed by atoms with Gasteiger partial charge < -0.3 is 20.2 Å². The molecule has 1 saturated carbocycles. The monoisotopic (exact) mass is 593 g/mol. The molecular weight excluding hydrogens is 550 g/mol. The van der Waals surface area contributed by atoms with Crippen LogP contribution in [0.3, 0.4) is 0 Å². The van der Waals surface area contributed by atoms with Gasteiger partial charge in [-0.3, -0.25) is 24.4 Å². The fraction of sp³-hybridized carbons (Fsp3) is 0.714. The lowest BCUT2D eigenvalue weighted by Gasteiger charge is -2.40. The molecule has 13 heteroatoms. The third-order valence-corrected chi connectivity index (χ3v) is 9.17. The second-order valence-corrected chi connectivity index (χ2v) is 13.2. The average Bonchev–Trinajstić information content (AvgIpc) is 3.66. The van der Waals surface area contributed by atoms with Crippen molar-refractivity contribution in [2.45, 2.75) is 77.8 Å². The Kier molecular flexibility index (Phi) is 11.4. The summed E-state index contributed by atoms with van der Waals surface area (Å²) < 4.78 is 0.303. The van der Waals surface area contributed by atoms with E-state index in [-0.39, 0.29) is 41.7 Å². The van der Waals surface area contributed by atoms with Crippen LogP contribution in [0.1, 0.15) is 76.1 Å². The third-order valence-electron chi connectivity index (χ3n) is 8.23. The molecule has 1 aliphatic heterocycles. The molecule has 0 spiro atoms. The zero-order chi connectivity index (χ0) is 30.3. The van der Waals surface area contributed by atoms with Crippen molar-refractivity contribution in [1.29, 1.82) is 0 Å². The first-order valence-corrected chi connectivity index (χ1v) is 15.1. The Balaban J connectivity index is 1.63. The van der Waals surface area contributed by atoms with Gasteiger partial charge in [0.25, 0.3) is 5.91 Å². The molecule has 228 valence electrons. The van der Waals surface area contributed by atoms with Gasteiger partial charge in [-0.05, 0) is 30.6 Å². The van der Waals surface area contributed by atoms with Gasteiger partial charge in [-0.15, -0.1) is 0 Å². The molecule has 4 amide bonds. The third kappa shape index (κ3) is 8.55. The zero-order valence-corrected chi connectivity index (χ0v) is 25.2. The minimum atomic E-state index is -0.935. The quantitative estimate of drug-likeness (QED) is 0.124. The van der Waals surface area contributed by atoms with Gasteiger partial charge in [-0.25, -0.2) is 5.06 Å². The van der Waals surface area contributed by atoms with Gasteiger partial charge in [0.15, 0.2) is 0 Å². The smallest absolute Gasteiger partial charge is 0.310 e. The fourth-order valence-electron chi connectivity index (χ4n) is 5.74. The minimum absolute atomic E-state index is 0.130. The summed E-state index contributed by atoms with van der Waals surface area (Å²) >= 11 is 1.05. The summed E-state index contributed by atoms with van der Waals surface area (Å²) in [6.45, 7) is 5.42. The molecular formula is C28H43N5O7S. The van der Waals surface area contributed by atoms with Crippen LogP contribution in [0, 0.1) is 22.2 Å². The van der Waals surface area contributed by atoms with Gasteiger partial charge >= 0.3 is 5.00 Å². The van der Waals surface area contributed by atoms with Crippen molar-refractivity contribution in [1.82, 2.24) is 20.2 Å². The Hall–Kier alpha value is -2.90. The van der Waals surface area contributed by atoms with Crippen LogP contribution < -0.4 is 10.4 Å². The van der Waals surface area contributed by atoms with Gasteiger partial charge in [0.1, 0.15) is 12.8 Å². The van der Waals surface area contributed by atoms with E-state index < -0.39 is 24.1 Å². The van der Waals surface area contributed by atoms with E-state index >= 15 is 0 Å². The first kappa shape index (κ1) is 32.6. The highest BCUT2D eigenvalue weighted by Gasteiger charge is 2.39. The molecule has 41 heavy (non-hydrogen) atoms. The van der Waals surface area contributed by atoms with E-state index in [2.05, 4.69) is 5.32 Å². The first-order valence-electron chi connectivity index (χ1n) is 14.2. The van der Waals surface area contributed by atoms with E-state index in [4.69, 9.17) is 0 Å². The summed E-state index contributed by atoms with van der Waals surface area (Å²) in [7, 11) is 1.71. The molecule has 0 unspecified atom stereocenters. The summed E-state index contributed by atoms with van der Waals surface area (Å²) in [6.07, 6.45) is 6.14. The molecule has 12 nitrogen and oxygen atoms in total. The predicted octanol–water partition coefficient (Wildman–Crippen LogP) is 2.11. The number of piperidine rings is 1. The second kappa shape index (κ2) is 14.3. The Morgan fingerprint density at radius 3 is 2.41 bits per heavy atom. The molecule has 2 aliphatic rings. The fourth-order valence-corrected chi connectivity index (χ4v) is 6.53. The number of nitrogens with zero attached hydrogens (tertiary/aromatic N) is 4. The van der Waals surface area contributed by atoms with Crippen LogP contribution in [0.2, 0.25) is 0 Å². The molecule has 2 atom stereocenters. The highest BCUT2D eigenvalue weighted by molar-refractivity contribution is 7.13. The van der Waals surface area contributed by atoms with Gasteiger partial charge in [-0.1, -0.05) is 57.8 Å². The number of rotatable bonds is 12. The number of carbonyl (C=O) groups excluding carboxylic acids is 4. The highest BCUT2D eigenvalue weighted by atomic mass is 32.1. The SMILES string of the molecule is CN(C(=O)[C@@H](NC(=O)[C@H](CC1CCCC1)CN(O)C=O)C(C)(C)C)C1CCN(C(=O)c2csc([N+](=O)C[O-])c2)CC1. The van der Waals surface area contributed by atoms with Crippen LogP contribution in [0.25, 0.3) is 0 Å². The second-order valence-electron chi connectivity index (χ2n) is 12.3. The molecule has 0 bridgehead atoms. The Morgan fingerprint density at radius 1 is 1.22 bits per heavy atom.